The second-order valence-electron chi connectivity index (χ2n) is 6.80. The van der Waals surface area contributed by atoms with E-state index in [0.717, 1.165) is 12.5 Å². The minimum Gasteiger partial charge on any atom is -0.440 e. The van der Waals surface area contributed by atoms with Crippen molar-refractivity contribution in [1.29, 1.82) is 0 Å². The van der Waals surface area contributed by atoms with Gasteiger partial charge in [0.1, 0.15) is 16.7 Å². The molecule has 0 unspecified atom stereocenters. The van der Waals surface area contributed by atoms with Gasteiger partial charge in [0.15, 0.2) is 11.5 Å². The van der Waals surface area contributed by atoms with E-state index in [9.17, 15) is 17.6 Å². The van der Waals surface area contributed by atoms with Crippen LogP contribution in [0.25, 0.3) is 11.1 Å². The molecule has 0 radical (unpaired) electrons. The van der Waals surface area contributed by atoms with Crippen LogP contribution in [-0.4, -0.2) is 17.2 Å². The topological polar surface area (TPSA) is 38.1 Å². The van der Waals surface area contributed by atoms with E-state index in [1.165, 1.54) is 0 Å². The van der Waals surface area contributed by atoms with Gasteiger partial charge in [-0.25, -0.2) is 9.37 Å². The van der Waals surface area contributed by atoms with E-state index in [0.29, 0.717) is 18.4 Å². The summed E-state index contributed by atoms with van der Waals surface area (Å²) in [6, 6.07) is 2.62. The number of benzene rings is 1. The molecule has 3 rings (SSSR count). The fourth-order valence-electron chi connectivity index (χ4n) is 2.84. The summed E-state index contributed by atoms with van der Waals surface area (Å²) in [5.41, 5.74) is -1.69. The van der Waals surface area contributed by atoms with Crippen molar-refractivity contribution in [1.82, 2.24) is 10.3 Å². The Morgan fingerprint density at radius 1 is 1.29 bits per heavy atom. The fourth-order valence-corrected chi connectivity index (χ4v) is 2.84. The third-order valence-corrected chi connectivity index (χ3v) is 4.39. The second-order valence-corrected chi connectivity index (χ2v) is 6.80. The number of alkyl halides is 4. The van der Waals surface area contributed by atoms with Gasteiger partial charge < -0.3 is 9.73 Å². The molecule has 2 aromatic rings. The number of hydrogen-bond acceptors (Lipinski definition) is 3. The lowest BCUT2D eigenvalue weighted by atomic mass is 9.82. The molecular weight excluding hydrogens is 324 g/mol. The van der Waals surface area contributed by atoms with Crippen LogP contribution in [-0.2, 0) is 12.7 Å². The van der Waals surface area contributed by atoms with E-state index in [1.54, 1.807) is 19.9 Å². The minimum atomic E-state index is -4.53. The molecule has 1 N–H and O–H groups in total. The van der Waals surface area contributed by atoms with E-state index in [1.807, 2.05) is 0 Å². The van der Waals surface area contributed by atoms with Gasteiger partial charge >= 0.3 is 6.18 Å². The largest absolute Gasteiger partial charge is 0.440 e. The van der Waals surface area contributed by atoms with Gasteiger partial charge in [-0.3, -0.25) is 0 Å². The number of hydrogen-bond donors (Lipinski definition) is 1. The van der Waals surface area contributed by atoms with Crippen molar-refractivity contribution in [2.45, 2.75) is 57.4 Å². The summed E-state index contributed by atoms with van der Waals surface area (Å²) >= 11 is 0. The Kier molecular flexibility index (Phi) is 4.32. The monoisotopic (exact) mass is 344 g/mol. The molecule has 1 aromatic heterocycles. The molecule has 1 heterocycles. The molecule has 1 aliphatic carbocycles. The van der Waals surface area contributed by atoms with E-state index >= 15 is 0 Å². The zero-order valence-electron chi connectivity index (χ0n) is 13.6. The predicted molar refractivity (Wildman–Crippen MR) is 82.5 cm³/mol. The fraction of sp³-hybridized carbons (Fsp3) is 0.588. The van der Waals surface area contributed by atoms with Gasteiger partial charge in [0, 0.05) is 19.0 Å². The molecule has 0 atom stereocenters. The maximum absolute atomic E-state index is 14.0. The zero-order chi connectivity index (χ0) is 17.5. The Hall–Kier alpha value is -1.63. The number of aromatic nitrogens is 1. The molecule has 1 fully saturated rings. The number of fused-ring (bicyclic) bond motifs is 1. The molecule has 132 valence electrons. The van der Waals surface area contributed by atoms with E-state index in [-0.39, 0.29) is 36.0 Å². The van der Waals surface area contributed by atoms with Gasteiger partial charge in [-0.1, -0.05) is 13.8 Å². The number of oxazole rings is 1. The molecule has 0 spiro atoms. The van der Waals surface area contributed by atoms with E-state index in [4.69, 9.17) is 4.42 Å². The molecule has 1 aliphatic rings. The van der Waals surface area contributed by atoms with Crippen LogP contribution in [0.4, 0.5) is 17.6 Å². The van der Waals surface area contributed by atoms with Crippen molar-refractivity contribution < 1.29 is 22.0 Å². The molecule has 0 aliphatic heterocycles. The van der Waals surface area contributed by atoms with Crippen molar-refractivity contribution in [3.05, 3.63) is 29.2 Å². The molecule has 24 heavy (non-hydrogen) atoms. The number of nitrogens with zero attached hydrogens (tertiary/aromatic N) is 1. The first-order valence-electron chi connectivity index (χ1n) is 8.08. The number of rotatable bonds is 5. The summed E-state index contributed by atoms with van der Waals surface area (Å²) in [7, 11) is 0. The van der Waals surface area contributed by atoms with Crippen molar-refractivity contribution in [3.63, 3.8) is 0 Å². The van der Waals surface area contributed by atoms with Crippen molar-refractivity contribution in [3.8, 4) is 0 Å². The van der Waals surface area contributed by atoms with E-state index < -0.39 is 17.4 Å². The molecule has 1 aromatic carbocycles. The van der Waals surface area contributed by atoms with Crippen molar-refractivity contribution >= 4 is 11.1 Å². The van der Waals surface area contributed by atoms with E-state index in [2.05, 4.69) is 10.3 Å². The Morgan fingerprint density at radius 2 is 2.00 bits per heavy atom. The van der Waals surface area contributed by atoms with Gasteiger partial charge in [-0.2, -0.15) is 13.2 Å². The highest BCUT2D eigenvalue weighted by molar-refractivity contribution is 5.78. The first-order chi connectivity index (χ1) is 11.2. The summed E-state index contributed by atoms with van der Waals surface area (Å²) in [6.45, 7) is 3.93. The lowest BCUT2D eigenvalue weighted by molar-refractivity contribution is -0.136. The van der Waals surface area contributed by atoms with Gasteiger partial charge in [0.25, 0.3) is 0 Å². The highest BCUT2D eigenvalue weighted by atomic mass is 19.4. The summed E-state index contributed by atoms with van der Waals surface area (Å²) < 4.78 is 59.2. The third-order valence-electron chi connectivity index (χ3n) is 4.39. The van der Waals surface area contributed by atoms with Crippen LogP contribution in [0.5, 0.6) is 0 Å². The lowest BCUT2D eigenvalue weighted by Crippen LogP contribution is -2.42. The maximum atomic E-state index is 14.0. The minimum absolute atomic E-state index is 0.106. The Labute approximate surface area is 137 Å². The highest BCUT2D eigenvalue weighted by Gasteiger charge is 2.37. The van der Waals surface area contributed by atoms with Crippen LogP contribution < -0.4 is 5.32 Å². The lowest BCUT2D eigenvalue weighted by Gasteiger charge is -2.33. The molecule has 0 saturated heterocycles. The predicted octanol–water partition coefficient (Wildman–Crippen LogP) is 4.95. The molecule has 7 heteroatoms. The van der Waals surface area contributed by atoms with Gasteiger partial charge in [0.2, 0.25) is 0 Å². The molecule has 0 bridgehead atoms. The first kappa shape index (κ1) is 17.2. The SMILES string of the molecule is CC(C)c1nc2cc(CNCC3(F)CCC3)cc(C(F)(F)F)c2o1. The average molecular weight is 344 g/mol. The summed E-state index contributed by atoms with van der Waals surface area (Å²) in [5, 5.41) is 2.92. The van der Waals surface area contributed by atoms with Gasteiger partial charge in [-0.05, 0) is 37.0 Å². The van der Waals surface area contributed by atoms with Crippen molar-refractivity contribution in [2.24, 2.45) is 0 Å². The standard InChI is InChI=1S/C17H20F4N2O/c1-10(2)15-23-13-7-11(8-22-9-16(18)4-3-5-16)6-12(14(13)24-15)17(19,20)21/h6-7,10,22H,3-5,8-9H2,1-2H3. The van der Waals surface area contributed by atoms with Crippen LogP contribution in [0.1, 0.15) is 56.0 Å². The van der Waals surface area contributed by atoms with Crippen LogP contribution in [0.2, 0.25) is 0 Å². The highest BCUT2D eigenvalue weighted by Crippen LogP contribution is 2.37. The number of halogens is 4. The normalized spacial score (nSPS) is 17.5. The zero-order valence-corrected chi connectivity index (χ0v) is 13.6. The average Bonchev–Trinajstić information content (AvgIpc) is 2.87. The third kappa shape index (κ3) is 3.41. The summed E-state index contributed by atoms with van der Waals surface area (Å²) in [4.78, 5) is 4.16. The molecular formula is C17H20F4N2O. The maximum Gasteiger partial charge on any atom is 0.420 e. The molecule has 0 amide bonds. The smallest absolute Gasteiger partial charge is 0.420 e. The summed E-state index contributed by atoms with van der Waals surface area (Å²) in [5.74, 6) is 0.169. The summed E-state index contributed by atoms with van der Waals surface area (Å²) in [6.07, 6.45) is -2.65. The van der Waals surface area contributed by atoms with Gasteiger partial charge in [-0.15, -0.1) is 0 Å². The van der Waals surface area contributed by atoms with Crippen LogP contribution in [0.3, 0.4) is 0 Å². The second kappa shape index (κ2) is 6.02. The molecule has 3 nitrogen and oxygen atoms in total. The number of nitrogens with one attached hydrogen (secondary N) is 1. The quantitative estimate of drug-likeness (QED) is 0.780. The first-order valence-corrected chi connectivity index (χ1v) is 8.08. The Balaban J connectivity index is 1.87. The van der Waals surface area contributed by atoms with Gasteiger partial charge in [0.05, 0.1) is 0 Å². The molecule has 1 saturated carbocycles. The Bertz CT molecular complexity index is 732. The Morgan fingerprint density at radius 3 is 2.54 bits per heavy atom. The van der Waals surface area contributed by atoms with Crippen LogP contribution in [0.15, 0.2) is 16.5 Å². The van der Waals surface area contributed by atoms with Crippen molar-refractivity contribution in [2.75, 3.05) is 6.54 Å². The van der Waals surface area contributed by atoms with Crippen LogP contribution in [0, 0.1) is 0 Å². The van der Waals surface area contributed by atoms with Crippen LogP contribution >= 0.6 is 0 Å².